The average Bonchev–Trinajstić information content (AvgIpc) is 3.21. The molecule has 0 spiro atoms. The second-order valence-electron chi connectivity index (χ2n) is 10.1. The first kappa shape index (κ1) is 26.2. The summed E-state index contributed by atoms with van der Waals surface area (Å²) in [4.78, 5) is 30.7. The number of nitrogens with one attached hydrogen (secondary N) is 1. The predicted octanol–water partition coefficient (Wildman–Crippen LogP) is 3.69. The van der Waals surface area contributed by atoms with E-state index in [4.69, 9.17) is 4.74 Å². The summed E-state index contributed by atoms with van der Waals surface area (Å²) in [6, 6.07) is 12.9. The molecule has 2 aromatic rings. The Morgan fingerprint density at radius 3 is 2.34 bits per heavy atom. The molecule has 5 rings (SSSR count). The fourth-order valence-corrected chi connectivity index (χ4v) is 5.29. The van der Waals surface area contributed by atoms with Crippen molar-refractivity contribution >= 4 is 11.8 Å². The van der Waals surface area contributed by atoms with Gasteiger partial charge in [0.05, 0.1) is 13.1 Å². The van der Waals surface area contributed by atoms with Gasteiger partial charge in [0, 0.05) is 49.5 Å². The van der Waals surface area contributed by atoms with Crippen LogP contribution in [0.15, 0.2) is 54.7 Å². The molecule has 2 amide bonds. The number of ether oxygens (including phenoxy) is 1. The number of carbonyl (C=O) groups excluding carboxylic acids is 2. The fraction of sp³-hybridized carbons (Fsp3) is 0.429. The number of carbonyl (C=O) groups is 2. The largest absolute Gasteiger partial charge is 0.489 e. The average molecular weight is 529 g/mol. The van der Waals surface area contributed by atoms with Gasteiger partial charge in [-0.05, 0) is 36.1 Å². The number of hydrogen-bond acceptors (Lipinski definition) is 5. The van der Waals surface area contributed by atoms with Gasteiger partial charge in [0.15, 0.2) is 0 Å². The molecule has 7 nitrogen and oxygen atoms in total. The first-order valence-corrected chi connectivity index (χ1v) is 12.8. The monoisotopic (exact) mass is 528 g/mol. The van der Waals surface area contributed by atoms with Crippen LogP contribution >= 0.6 is 0 Å². The van der Waals surface area contributed by atoms with Crippen molar-refractivity contribution in [2.45, 2.75) is 44.8 Å². The van der Waals surface area contributed by atoms with Crippen molar-refractivity contribution in [3.05, 3.63) is 77.0 Å². The molecule has 0 aromatic heterocycles. The summed E-state index contributed by atoms with van der Waals surface area (Å²) in [5.74, 6) is 0.259. The van der Waals surface area contributed by atoms with Crippen LogP contribution in [0.5, 0.6) is 5.75 Å². The van der Waals surface area contributed by atoms with Crippen LogP contribution < -0.4 is 10.1 Å². The standard InChI is InChI=1S/C28H31F3N4O3/c1-19-5-10-24(26(36)32-19)35-16-23-22(27(35)37)3-2-4-25(23)38-17-21-8-6-20(7-9-21)15-33-11-13-34(14-12-33)18-28(29,30)31/h2-4,6-9,24H,1,5,10-18H2,(H,32,36). The molecule has 202 valence electrons. The first-order chi connectivity index (χ1) is 18.2. The minimum Gasteiger partial charge on any atom is -0.489 e. The molecule has 3 aliphatic heterocycles. The topological polar surface area (TPSA) is 65.1 Å². The molecular formula is C28H31F3N4O3. The van der Waals surface area contributed by atoms with Gasteiger partial charge in [-0.3, -0.25) is 19.4 Å². The Labute approximate surface area is 219 Å². The molecule has 10 heteroatoms. The lowest BCUT2D eigenvalue weighted by atomic mass is 10.0. The van der Waals surface area contributed by atoms with Crippen LogP contribution in [-0.2, 0) is 24.5 Å². The number of piperazine rings is 1. The SMILES string of the molecule is C=C1CCC(N2Cc3c(OCc4ccc(CN5CCN(CC(F)(F)F)CC5)cc4)cccc3C2=O)C(=O)N1. The zero-order chi connectivity index (χ0) is 26.9. The van der Waals surface area contributed by atoms with E-state index in [2.05, 4.69) is 16.8 Å². The number of nitrogens with zero attached hydrogens (tertiary/aromatic N) is 3. The van der Waals surface area contributed by atoms with Gasteiger partial charge < -0.3 is 15.0 Å². The minimum atomic E-state index is -4.16. The summed E-state index contributed by atoms with van der Waals surface area (Å²) >= 11 is 0. The third-order valence-electron chi connectivity index (χ3n) is 7.34. The van der Waals surface area contributed by atoms with Gasteiger partial charge >= 0.3 is 6.18 Å². The molecule has 38 heavy (non-hydrogen) atoms. The number of benzene rings is 2. The lowest BCUT2D eigenvalue weighted by molar-refractivity contribution is -0.149. The normalized spacial score (nSPS) is 21.0. The summed E-state index contributed by atoms with van der Waals surface area (Å²) in [5, 5.41) is 2.75. The summed E-state index contributed by atoms with van der Waals surface area (Å²) in [7, 11) is 0. The second kappa shape index (κ2) is 10.8. The Morgan fingerprint density at radius 1 is 0.974 bits per heavy atom. The van der Waals surface area contributed by atoms with Crippen molar-refractivity contribution < 1.29 is 27.5 Å². The van der Waals surface area contributed by atoms with Crippen molar-refractivity contribution in [1.29, 1.82) is 0 Å². The van der Waals surface area contributed by atoms with E-state index in [-0.39, 0.29) is 11.8 Å². The maximum atomic E-state index is 13.0. The lowest BCUT2D eigenvalue weighted by Gasteiger charge is -2.35. The third kappa shape index (κ3) is 6.02. The number of alkyl halides is 3. The van der Waals surface area contributed by atoms with E-state index >= 15 is 0 Å². The highest BCUT2D eigenvalue weighted by atomic mass is 19.4. The summed E-state index contributed by atoms with van der Waals surface area (Å²) < 4.78 is 43.9. The third-order valence-corrected chi connectivity index (χ3v) is 7.34. The number of rotatable bonds is 7. The number of hydrogen-bond donors (Lipinski definition) is 1. The second-order valence-corrected chi connectivity index (χ2v) is 10.1. The van der Waals surface area contributed by atoms with Crippen molar-refractivity contribution in [3.63, 3.8) is 0 Å². The molecule has 0 aliphatic carbocycles. The van der Waals surface area contributed by atoms with Gasteiger partial charge in [0.2, 0.25) is 5.91 Å². The van der Waals surface area contributed by atoms with E-state index in [9.17, 15) is 22.8 Å². The molecule has 3 aliphatic rings. The van der Waals surface area contributed by atoms with E-state index in [1.54, 1.807) is 17.0 Å². The van der Waals surface area contributed by atoms with Crippen molar-refractivity contribution in [3.8, 4) is 5.75 Å². The van der Waals surface area contributed by atoms with Crippen LogP contribution in [0.2, 0.25) is 0 Å². The van der Waals surface area contributed by atoms with Crippen molar-refractivity contribution in [1.82, 2.24) is 20.0 Å². The Morgan fingerprint density at radius 2 is 1.66 bits per heavy atom. The first-order valence-electron chi connectivity index (χ1n) is 12.8. The van der Waals surface area contributed by atoms with E-state index in [1.807, 2.05) is 30.3 Å². The summed E-state index contributed by atoms with van der Waals surface area (Å²) in [6.45, 7) is 6.32. The van der Waals surface area contributed by atoms with Gasteiger partial charge in [-0.15, -0.1) is 0 Å². The number of fused-ring (bicyclic) bond motifs is 1. The van der Waals surface area contributed by atoms with Crippen molar-refractivity contribution in [2.24, 2.45) is 0 Å². The minimum absolute atomic E-state index is 0.165. The highest BCUT2D eigenvalue weighted by molar-refractivity contribution is 6.02. The lowest BCUT2D eigenvalue weighted by Crippen LogP contribution is -2.49. The highest BCUT2D eigenvalue weighted by Gasteiger charge is 2.39. The number of piperidine rings is 1. The van der Waals surface area contributed by atoms with Crippen LogP contribution in [0.4, 0.5) is 13.2 Å². The molecule has 2 saturated heterocycles. The summed E-state index contributed by atoms with van der Waals surface area (Å²) in [6.07, 6.45) is -2.96. The number of amides is 2. The Kier molecular flexibility index (Phi) is 7.45. The molecule has 1 N–H and O–H groups in total. The zero-order valence-electron chi connectivity index (χ0n) is 21.1. The maximum Gasteiger partial charge on any atom is 0.401 e. The molecule has 0 bridgehead atoms. The number of halogens is 3. The van der Waals surface area contributed by atoms with Crippen LogP contribution in [0.1, 0.15) is 39.9 Å². The van der Waals surface area contributed by atoms with Crippen molar-refractivity contribution in [2.75, 3.05) is 32.7 Å². The van der Waals surface area contributed by atoms with E-state index < -0.39 is 18.8 Å². The Hall–Kier alpha value is -3.37. The van der Waals surface area contributed by atoms with Crippen LogP contribution in [-0.4, -0.2) is 71.5 Å². The molecular weight excluding hydrogens is 497 g/mol. The van der Waals surface area contributed by atoms with Crippen LogP contribution in [0, 0.1) is 0 Å². The van der Waals surface area contributed by atoms with E-state index in [0.717, 1.165) is 16.7 Å². The van der Waals surface area contributed by atoms with E-state index in [0.29, 0.717) is 75.7 Å². The van der Waals surface area contributed by atoms with Gasteiger partial charge in [0.25, 0.3) is 5.91 Å². The Balaban J connectivity index is 1.15. The van der Waals surface area contributed by atoms with Gasteiger partial charge in [-0.25, -0.2) is 0 Å². The molecule has 0 radical (unpaired) electrons. The molecule has 2 fully saturated rings. The van der Waals surface area contributed by atoms with Gasteiger partial charge in [0.1, 0.15) is 18.4 Å². The molecule has 1 unspecified atom stereocenters. The maximum absolute atomic E-state index is 13.0. The van der Waals surface area contributed by atoms with Gasteiger partial charge in [-0.2, -0.15) is 13.2 Å². The van der Waals surface area contributed by atoms with Gasteiger partial charge in [-0.1, -0.05) is 36.9 Å². The molecule has 1 atom stereocenters. The van der Waals surface area contributed by atoms with Crippen LogP contribution in [0.3, 0.4) is 0 Å². The Bertz CT molecular complexity index is 1210. The highest BCUT2D eigenvalue weighted by Crippen LogP contribution is 2.34. The van der Waals surface area contributed by atoms with E-state index in [1.165, 1.54) is 4.90 Å². The van der Waals surface area contributed by atoms with Crippen LogP contribution in [0.25, 0.3) is 0 Å². The number of allylic oxidation sites excluding steroid dienone is 1. The predicted molar refractivity (Wildman–Crippen MR) is 135 cm³/mol. The quantitative estimate of drug-likeness (QED) is 0.594. The summed E-state index contributed by atoms with van der Waals surface area (Å²) in [5.41, 5.74) is 4.08. The zero-order valence-corrected chi connectivity index (χ0v) is 21.1. The smallest absolute Gasteiger partial charge is 0.401 e. The molecule has 2 aromatic carbocycles. The molecule has 3 heterocycles. The molecule has 0 saturated carbocycles. The fourth-order valence-electron chi connectivity index (χ4n) is 5.29.